The smallest absolute Gasteiger partial charge is 0.276 e. The molecule has 0 atom stereocenters. The maximum Gasteiger partial charge on any atom is 0.276 e. The van der Waals surface area contributed by atoms with Crippen LogP contribution in [-0.2, 0) is 22.9 Å². The number of carbonyl (C=O) groups excluding carboxylic acids is 1. The highest BCUT2D eigenvalue weighted by Gasteiger charge is 2.25. The molecule has 1 amide bonds. The largest absolute Gasteiger partial charge is 0.385 e. The first-order valence-electron chi connectivity index (χ1n) is 8.39. The molecule has 8 heteroatoms. The van der Waals surface area contributed by atoms with E-state index >= 15 is 0 Å². The van der Waals surface area contributed by atoms with Crippen LogP contribution in [0.5, 0.6) is 0 Å². The molecule has 1 aliphatic rings. The maximum atomic E-state index is 12.7. The van der Waals surface area contributed by atoms with Crippen LogP contribution >= 0.6 is 11.3 Å². The highest BCUT2D eigenvalue weighted by Crippen LogP contribution is 2.28. The first-order chi connectivity index (χ1) is 12.0. The molecule has 6 nitrogen and oxygen atoms in total. The predicted octanol–water partition coefficient (Wildman–Crippen LogP) is 2.96. The van der Waals surface area contributed by atoms with E-state index in [2.05, 4.69) is 21.9 Å². The number of unbranched alkanes of at least 4 members (excludes halogenated alkanes) is 1. The third-order valence-electron chi connectivity index (χ3n) is 4.09. The van der Waals surface area contributed by atoms with Crippen LogP contribution < -0.4 is 10.0 Å². The van der Waals surface area contributed by atoms with Crippen LogP contribution in [-0.4, -0.2) is 25.9 Å². The van der Waals surface area contributed by atoms with Crippen molar-refractivity contribution < 1.29 is 13.2 Å². The van der Waals surface area contributed by atoms with E-state index in [9.17, 15) is 13.2 Å². The molecule has 25 heavy (non-hydrogen) atoms. The van der Waals surface area contributed by atoms with Crippen LogP contribution in [0.25, 0.3) is 0 Å². The minimum absolute atomic E-state index is 0.168. The SMILES string of the molecule is CCCCc1ncc(C(=O)NS(=O)(=O)c2cccc3c2CCCN3)s1. The van der Waals surface area contributed by atoms with E-state index in [4.69, 9.17) is 0 Å². The fraction of sp³-hybridized carbons (Fsp3) is 0.412. The molecule has 1 aromatic heterocycles. The number of amides is 1. The van der Waals surface area contributed by atoms with Crippen LogP contribution in [0.3, 0.4) is 0 Å². The van der Waals surface area contributed by atoms with Crippen molar-refractivity contribution in [1.82, 2.24) is 9.71 Å². The molecule has 1 aliphatic heterocycles. The second-order valence-corrected chi connectivity index (χ2v) is 8.74. The van der Waals surface area contributed by atoms with E-state index in [0.717, 1.165) is 48.5 Å². The number of sulfonamides is 1. The number of nitrogens with zero attached hydrogens (tertiary/aromatic N) is 1. The van der Waals surface area contributed by atoms with Gasteiger partial charge in [-0.15, -0.1) is 11.3 Å². The van der Waals surface area contributed by atoms with E-state index in [1.807, 2.05) is 6.07 Å². The number of aromatic nitrogens is 1. The number of carbonyl (C=O) groups is 1. The molecule has 0 saturated carbocycles. The Morgan fingerprint density at radius 3 is 3.04 bits per heavy atom. The van der Waals surface area contributed by atoms with Crippen LogP contribution in [0, 0.1) is 0 Å². The molecule has 0 aliphatic carbocycles. The zero-order valence-corrected chi connectivity index (χ0v) is 15.7. The van der Waals surface area contributed by atoms with E-state index in [1.165, 1.54) is 17.5 Å². The van der Waals surface area contributed by atoms with Crippen molar-refractivity contribution in [3.63, 3.8) is 0 Å². The molecule has 0 saturated heterocycles. The summed E-state index contributed by atoms with van der Waals surface area (Å²) in [5.74, 6) is -0.623. The predicted molar refractivity (Wildman–Crippen MR) is 98.6 cm³/mol. The number of thiazole rings is 1. The van der Waals surface area contributed by atoms with Crippen molar-refractivity contribution in [3.8, 4) is 0 Å². The molecule has 3 rings (SSSR count). The average molecular weight is 380 g/mol. The summed E-state index contributed by atoms with van der Waals surface area (Å²) in [5.41, 5.74) is 1.56. The van der Waals surface area contributed by atoms with Gasteiger partial charge in [-0.3, -0.25) is 4.79 Å². The van der Waals surface area contributed by atoms with Crippen LogP contribution in [0.4, 0.5) is 5.69 Å². The Hall–Kier alpha value is -1.93. The summed E-state index contributed by atoms with van der Waals surface area (Å²) in [5, 5.41) is 4.05. The Balaban J connectivity index is 1.80. The lowest BCUT2D eigenvalue weighted by Gasteiger charge is -2.20. The van der Waals surface area contributed by atoms with Gasteiger partial charge in [0.2, 0.25) is 0 Å². The number of hydrogen-bond donors (Lipinski definition) is 2. The molecule has 0 spiro atoms. The first-order valence-corrected chi connectivity index (χ1v) is 10.7. The van der Waals surface area contributed by atoms with Crippen molar-refractivity contribution in [2.45, 2.75) is 43.9 Å². The fourth-order valence-electron chi connectivity index (χ4n) is 2.82. The maximum absolute atomic E-state index is 12.7. The molecule has 1 aromatic carbocycles. The van der Waals surface area contributed by atoms with E-state index in [1.54, 1.807) is 12.1 Å². The molecule has 0 radical (unpaired) electrons. The lowest BCUT2D eigenvalue weighted by Crippen LogP contribution is -2.31. The molecule has 0 bridgehead atoms. The van der Waals surface area contributed by atoms with Gasteiger partial charge in [-0.1, -0.05) is 19.4 Å². The van der Waals surface area contributed by atoms with Gasteiger partial charge in [-0.25, -0.2) is 18.1 Å². The van der Waals surface area contributed by atoms with E-state index in [0.29, 0.717) is 11.3 Å². The summed E-state index contributed by atoms with van der Waals surface area (Å²) >= 11 is 1.25. The Kier molecular flexibility index (Phi) is 5.39. The summed E-state index contributed by atoms with van der Waals surface area (Å²) in [6.45, 7) is 2.91. The third-order valence-corrected chi connectivity index (χ3v) is 6.56. The van der Waals surface area contributed by atoms with Gasteiger partial charge in [-0.2, -0.15) is 0 Å². The van der Waals surface area contributed by atoms with Crippen LogP contribution in [0.15, 0.2) is 29.3 Å². The summed E-state index contributed by atoms with van der Waals surface area (Å²) in [4.78, 5) is 17.0. The summed E-state index contributed by atoms with van der Waals surface area (Å²) in [7, 11) is -3.92. The monoisotopic (exact) mass is 379 g/mol. The van der Waals surface area contributed by atoms with Gasteiger partial charge in [0.05, 0.1) is 16.1 Å². The van der Waals surface area contributed by atoms with Crippen molar-refractivity contribution in [3.05, 3.63) is 39.8 Å². The third kappa shape index (κ3) is 4.01. The molecular formula is C17H21N3O3S2. The average Bonchev–Trinajstić information content (AvgIpc) is 3.08. The molecule has 134 valence electrons. The molecule has 2 heterocycles. The molecule has 0 unspecified atom stereocenters. The number of nitrogens with one attached hydrogen (secondary N) is 2. The second kappa shape index (κ2) is 7.53. The zero-order valence-electron chi connectivity index (χ0n) is 14.0. The van der Waals surface area contributed by atoms with E-state index < -0.39 is 15.9 Å². The van der Waals surface area contributed by atoms with Crippen molar-refractivity contribution in [2.75, 3.05) is 11.9 Å². The number of anilines is 1. The Morgan fingerprint density at radius 1 is 1.40 bits per heavy atom. The van der Waals surface area contributed by atoms with Gasteiger partial charge >= 0.3 is 0 Å². The zero-order chi connectivity index (χ0) is 17.9. The number of benzene rings is 1. The van der Waals surface area contributed by atoms with Crippen molar-refractivity contribution >= 4 is 33.0 Å². The number of hydrogen-bond acceptors (Lipinski definition) is 6. The van der Waals surface area contributed by atoms with Crippen molar-refractivity contribution in [2.24, 2.45) is 0 Å². The minimum Gasteiger partial charge on any atom is -0.385 e. The molecule has 0 fully saturated rings. The highest BCUT2D eigenvalue weighted by atomic mass is 32.2. The summed E-state index contributed by atoms with van der Waals surface area (Å²) < 4.78 is 27.6. The van der Waals surface area contributed by atoms with Crippen LogP contribution in [0.2, 0.25) is 0 Å². The second-order valence-electron chi connectivity index (χ2n) is 5.97. The number of aryl methyl sites for hydroxylation is 1. The first kappa shape index (κ1) is 17.9. The lowest BCUT2D eigenvalue weighted by molar-refractivity contribution is 0.0985. The fourth-order valence-corrected chi connectivity index (χ4v) is 4.99. The number of fused-ring (bicyclic) bond motifs is 1. The van der Waals surface area contributed by atoms with Gasteiger partial charge in [0.25, 0.3) is 15.9 Å². The van der Waals surface area contributed by atoms with Gasteiger partial charge in [0.1, 0.15) is 4.88 Å². The lowest BCUT2D eigenvalue weighted by atomic mass is 10.0. The summed E-state index contributed by atoms with van der Waals surface area (Å²) in [6, 6.07) is 5.09. The Bertz CT molecular complexity index is 875. The minimum atomic E-state index is -3.92. The highest BCUT2D eigenvalue weighted by molar-refractivity contribution is 7.90. The van der Waals surface area contributed by atoms with Crippen LogP contribution in [0.1, 0.15) is 46.4 Å². The topological polar surface area (TPSA) is 88.2 Å². The number of rotatable bonds is 6. The van der Waals surface area contributed by atoms with Gasteiger partial charge < -0.3 is 5.32 Å². The molecule has 2 aromatic rings. The Morgan fingerprint density at radius 2 is 2.24 bits per heavy atom. The molecule has 2 N–H and O–H groups in total. The standard InChI is InChI=1S/C17H21N3O3S2/c1-2-3-9-16-19-11-14(24-16)17(21)20-25(22,23)15-8-4-7-13-12(15)6-5-10-18-13/h4,7-8,11,18H,2-3,5-6,9-10H2,1H3,(H,20,21). The Labute approximate surface area is 151 Å². The van der Waals surface area contributed by atoms with Gasteiger partial charge in [0, 0.05) is 12.2 Å². The molecular weight excluding hydrogens is 358 g/mol. The quantitative estimate of drug-likeness (QED) is 0.806. The summed E-state index contributed by atoms with van der Waals surface area (Å²) in [6.07, 6.45) is 5.83. The van der Waals surface area contributed by atoms with Gasteiger partial charge in [0.15, 0.2) is 0 Å². The van der Waals surface area contributed by atoms with Gasteiger partial charge in [-0.05, 0) is 43.4 Å². The van der Waals surface area contributed by atoms with E-state index in [-0.39, 0.29) is 4.90 Å². The normalized spacial score (nSPS) is 13.8. The van der Waals surface area contributed by atoms with Crippen molar-refractivity contribution in [1.29, 1.82) is 0 Å².